The fraction of sp³-hybridized carbons (Fsp3) is 0.143. The number of carbonyl (C=O) groups is 1. The summed E-state index contributed by atoms with van der Waals surface area (Å²) >= 11 is 6.20. The Morgan fingerprint density at radius 1 is 1.15 bits per heavy atom. The van der Waals surface area contributed by atoms with Crippen molar-refractivity contribution in [3.8, 4) is 0 Å². The molecule has 1 heterocycles. The maximum Gasteiger partial charge on any atom is 0.407 e. The third-order valence-corrected chi connectivity index (χ3v) is 4.15. The van der Waals surface area contributed by atoms with Gasteiger partial charge in [0, 0.05) is 18.1 Å². The highest BCUT2D eigenvalue weighted by Crippen LogP contribution is 2.23. The van der Waals surface area contributed by atoms with Crippen LogP contribution in [-0.4, -0.2) is 17.6 Å². The Morgan fingerprint density at radius 2 is 2.00 bits per heavy atom. The highest BCUT2D eigenvalue weighted by molar-refractivity contribution is 6.35. The standard InChI is InChI=1S/C21H19ClN2O2/c22-19-11-13-23-20-10-9-16(14-18(19)20)6-4-5-12-24-21(25)26-15-17-7-2-1-3-8-17/h1-4,6-11,13-14H,5,12,15H2,(H,24,25). The number of hydrogen-bond acceptors (Lipinski definition) is 3. The molecule has 132 valence electrons. The number of hydrogen-bond donors (Lipinski definition) is 1. The normalized spacial score (nSPS) is 11.0. The molecule has 0 saturated heterocycles. The topological polar surface area (TPSA) is 51.2 Å². The van der Waals surface area contributed by atoms with Crippen LogP contribution in [0.15, 0.2) is 66.9 Å². The van der Waals surface area contributed by atoms with E-state index in [1.54, 1.807) is 12.3 Å². The highest BCUT2D eigenvalue weighted by atomic mass is 35.5. The van der Waals surface area contributed by atoms with Crippen molar-refractivity contribution in [2.45, 2.75) is 13.0 Å². The lowest BCUT2D eigenvalue weighted by Crippen LogP contribution is -2.24. The van der Waals surface area contributed by atoms with Crippen LogP contribution < -0.4 is 5.32 Å². The van der Waals surface area contributed by atoms with Crippen LogP contribution in [0.1, 0.15) is 17.5 Å². The summed E-state index contributed by atoms with van der Waals surface area (Å²) in [6, 6.07) is 17.3. The van der Waals surface area contributed by atoms with Gasteiger partial charge in [0.05, 0.1) is 10.5 Å². The molecule has 0 aliphatic rings. The summed E-state index contributed by atoms with van der Waals surface area (Å²) in [5, 5.41) is 4.35. The fourth-order valence-electron chi connectivity index (χ4n) is 2.49. The van der Waals surface area contributed by atoms with Gasteiger partial charge < -0.3 is 10.1 Å². The second kappa shape index (κ2) is 9.02. The largest absolute Gasteiger partial charge is 0.445 e. The van der Waals surface area contributed by atoms with Crippen LogP contribution in [0.3, 0.4) is 0 Å². The monoisotopic (exact) mass is 366 g/mol. The first-order chi connectivity index (χ1) is 12.7. The fourth-order valence-corrected chi connectivity index (χ4v) is 2.69. The van der Waals surface area contributed by atoms with E-state index in [0.717, 1.165) is 22.0 Å². The number of nitrogens with zero attached hydrogens (tertiary/aromatic N) is 1. The van der Waals surface area contributed by atoms with Gasteiger partial charge in [-0.2, -0.15) is 0 Å². The number of rotatable bonds is 6. The van der Waals surface area contributed by atoms with Crippen LogP contribution in [0.5, 0.6) is 0 Å². The average Bonchev–Trinajstić information content (AvgIpc) is 2.67. The summed E-state index contributed by atoms with van der Waals surface area (Å²) in [4.78, 5) is 15.9. The van der Waals surface area contributed by atoms with E-state index in [-0.39, 0.29) is 6.61 Å². The van der Waals surface area contributed by atoms with Crippen molar-refractivity contribution in [2.24, 2.45) is 0 Å². The second-order valence-electron chi connectivity index (χ2n) is 5.75. The molecule has 3 rings (SSSR count). The van der Waals surface area contributed by atoms with E-state index in [1.807, 2.05) is 60.7 Å². The number of carbonyl (C=O) groups excluding carboxylic acids is 1. The Balaban J connectivity index is 1.43. The second-order valence-corrected chi connectivity index (χ2v) is 6.16. The Hall–Kier alpha value is -2.85. The third-order valence-electron chi connectivity index (χ3n) is 3.82. The molecular formula is C21H19ClN2O2. The van der Waals surface area contributed by atoms with Gasteiger partial charge in [0.1, 0.15) is 6.61 Å². The molecule has 0 aliphatic heterocycles. The number of fused-ring (bicyclic) bond motifs is 1. The zero-order valence-electron chi connectivity index (χ0n) is 14.2. The van der Waals surface area contributed by atoms with E-state index < -0.39 is 6.09 Å². The molecular weight excluding hydrogens is 348 g/mol. The SMILES string of the molecule is O=C(NCCC=Cc1ccc2nccc(Cl)c2c1)OCc1ccccc1. The van der Waals surface area contributed by atoms with E-state index in [0.29, 0.717) is 18.0 Å². The van der Waals surface area contributed by atoms with Crippen LogP contribution in [0, 0.1) is 0 Å². The lowest BCUT2D eigenvalue weighted by Gasteiger charge is -2.06. The molecule has 2 aromatic carbocycles. The maximum atomic E-state index is 11.7. The Labute approximate surface area is 157 Å². The van der Waals surface area contributed by atoms with Crippen LogP contribution in [0.2, 0.25) is 5.02 Å². The molecule has 5 heteroatoms. The van der Waals surface area contributed by atoms with Crippen molar-refractivity contribution in [1.29, 1.82) is 0 Å². The maximum absolute atomic E-state index is 11.7. The lowest BCUT2D eigenvalue weighted by atomic mass is 10.1. The summed E-state index contributed by atoms with van der Waals surface area (Å²) in [6.45, 7) is 0.786. The number of ether oxygens (including phenoxy) is 1. The van der Waals surface area contributed by atoms with Crippen LogP contribution >= 0.6 is 11.6 Å². The first-order valence-electron chi connectivity index (χ1n) is 8.38. The predicted molar refractivity (Wildman–Crippen MR) is 105 cm³/mol. The van der Waals surface area contributed by atoms with Crippen LogP contribution in [0.4, 0.5) is 4.79 Å². The van der Waals surface area contributed by atoms with Crippen LogP contribution in [0.25, 0.3) is 17.0 Å². The van der Waals surface area contributed by atoms with E-state index in [4.69, 9.17) is 16.3 Å². The van der Waals surface area contributed by atoms with Crippen molar-refractivity contribution >= 4 is 34.7 Å². The third kappa shape index (κ3) is 5.07. The molecule has 1 amide bonds. The van der Waals surface area contributed by atoms with Gasteiger partial charge in [-0.05, 0) is 35.7 Å². The number of alkyl carbamates (subject to hydrolysis) is 1. The molecule has 4 nitrogen and oxygen atoms in total. The zero-order valence-corrected chi connectivity index (χ0v) is 14.9. The molecule has 0 saturated carbocycles. The quantitative estimate of drug-likeness (QED) is 0.608. The van der Waals surface area contributed by atoms with Gasteiger partial charge in [-0.3, -0.25) is 4.98 Å². The number of amides is 1. The molecule has 0 spiro atoms. The van der Waals surface area contributed by atoms with Crippen molar-refractivity contribution in [1.82, 2.24) is 10.3 Å². The van der Waals surface area contributed by atoms with Crippen LogP contribution in [-0.2, 0) is 11.3 Å². The molecule has 26 heavy (non-hydrogen) atoms. The first-order valence-corrected chi connectivity index (χ1v) is 8.75. The molecule has 1 aromatic heterocycles. The van der Waals surface area contributed by atoms with Crippen molar-refractivity contribution < 1.29 is 9.53 Å². The Bertz CT molecular complexity index is 910. The van der Waals surface area contributed by atoms with Gasteiger partial charge in [0.25, 0.3) is 0 Å². The highest BCUT2D eigenvalue weighted by Gasteiger charge is 2.01. The van der Waals surface area contributed by atoms with Crippen molar-refractivity contribution in [3.05, 3.63) is 83.0 Å². The van der Waals surface area contributed by atoms with E-state index in [9.17, 15) is 4.79 Å². The van der Waals surface area contributed by atoms with Gasteiger partial charge >= 0.3 is 6.09 Å². The van der Waals surface area contributed by atoms with Gasteiger partial charge in [-0.15, -0.1) is 0 Å². The summed E-state index contributed by atoms with van der Waals surface area (Å²) < 4.78 is 5.16. The number of pyridine rings is 1. The molecule has 1 N–H and O–H groups in total. The van der Waals surface area contributed by atoms with E-state index in [2.05, 4.69) is 10.3 Å². The van der Waals surface area contributed by atoms with E-state index in [1.165, 1.54) is 0 Å². The summed E-state index contributed by atoms with van der Waals surface area (Å²) in [5.41, 5.74) is 2.88. The van der Waals surface area contributed by atoms with Gasteiger partial charge in [0.2, 0.25) is 0 Å². The smallest absolute Gasteiger partial charge is 0.407 e. The molecule has 0 aliphatic carbocycles. The summed E-state index contributed by atoms with van der Waals surface area (Å²) in [5.74, 6) is 0. The average molecular weight is 367 g/mol. The molecule has 3 aromatic rings. The number of halogens is 1. The summed E-state index contributed by atoms with van der Waals surface area (Å²) in [6.07, 6.45) is 6.00. The van der Waals surface area contributed by atoms with Crippen molar-refractivity contribution in [3.63, 3.8) is 0 Å². The molecule has 0 unspecified atom stereocenters. The lowest BCUT2D eigenvalue weighted by molar-refractivity contribution is 0.140. The Kier molecular flexibility index (Phi) is 6.23. The molecule has 0 radical (unpaired) electrons. The number of nitrogens with one attached hydrogen (secondary N) is 1. The number of benzene rings is 2. The molecule has 0 fully saturated rings. The van der Waals surface area contributed by atoms with Gasteiger partial charge in [0.15, 0.2) is 0 Å². The van der Waals surface area contributed by atoms with Gasteiger partial charge in [-0.25, -0.2) is 4.79 Å². The first kappa shape index (κ1) is 18.0. The van der Waals surface area contributed by atoms with Gasteiger partial charge in [-0.1, -0.05) is 60.2 Å². The number of aromatic nitrogens is 1. The molecule has 0 bridgehead atoms. The minimum Gasteiger partial charge on any atom is -0.445 e. The predicted octanol–water partition coefficient (Wildman–Crippen LogP) is 5.22. The minimum absolute atomic E-state index is 0.272. The zero-order chi connectivity index (χ0) is 18.2. The molecule has 0 atom stereocenters. The van der Waals surface area contributed by atoms with E-state index >= 15 is 0 Å². The minimum atomic E-state index is -0.411. The Morgan fingerprint density at radius 3 is 2.85 bits per heavy atom. The summed E-state index contributed by atoms with van der Waals surface area (Å²) in [7, 11) is 0. The van der Waals surface area contributed by atoms with Crippen molar-refractivity contribution in [2.75, 3.05) is 6.54 Å².